The average molecular weight is 428 g/mol. The summed E-state index contributed by atoms with van der Waals surface area (Å²) in [6.45, 7) is 2.07. The molecule has 0 spiro atoms. The van der Waals surface area contributed by atoms with E-state index in [0.29, 0.717) is 23.1 Å². The van der Waals surface area contributed by atoms with Crippen molar-refractivity contribution in [1.82, 2.24) is 5.01 Å². The minimum absolute atomic E-state index is 0.220. The molecule has 9 heteroatoms. The van der Waals surface area contributed by atoms with Gasteiger partial charge in [0, 0.05) is 18.2 Å². The number of benzene rings is 2. The van der Waals surface area contributed by atoms with E-state index in [-0.39, 0.29) is 6.61 Å². The molecule has 3 rings (SSSR count). The average Bonchev–Trinajstić information content (AvgIpc) is 3.61. The molecule has 0 atom stereocenters. The summed E-state index contributed by atoms with van der Waals surface area (Å²) in [6.07, 6.45) is 2.20. The first-order valence-corrected chi connectivity index (χ1v) is 9.95. The molecule has 166 valence electrons. The molecule has 0 radical (unpaired) electrons. The van der Waals surface area contributed by atoms with Crippen molar-refractivity contribution < 1.29 is 19.1 Å². The second kappa shape index (κ2) is 9.67. The fourth-order valence-corrected chi connectivity index (χ4v) is 3.38. The van der Waals surface area contributed by atoms with Crippen LogP contribution in [-0.4, -0.2) is 38.0 Å². The van der Waals surface area contributed by atoms with E-state index in [1.807, 2.05) is 31.2 Å². The number of urea groups is 1. The van der Waals surface area contributed by atoms with Gasteiger partial charge in [0.2, 0.25) is 0 Å². The third-order valence-electron chi connectivity index (χ3n) is 5.15. The number of carbonyl (C=O) groups excluding carboxylic acids is 1. The normalized spacial score (nSPS) is 13.5. The van der Waals surface area contributed by atoms with Gasteiger partial charge in [0.05, 0.1) is 18.5 Å². The topological polar surface area (TPSA) is 116 Å². The van der Waals surface area contributed by atoms with Gasteiger partial charge in [-0.1, -0.05) is 17.3 Å². The largest absolute Gasteiger partial charge is 0.493 e. The van der Waals surface area contributed by atoms with Gasteiger partial charge in [0.25, 0.3) is 0 Å². The Morgan fingerprint density at radius 2 is 1.90 bits per heavy atom. The Morgan fingerprint density at radius 1 is 1.16 bits per heavy atom. The highest BCUT2D eigenvalue weighted by Gasteiger charge is 2.29. The summed E-state index contributed by atoms with van der Waals surface area (Å²) in [4.78, 5) is 17.2. The lowest BCUT2D eigenvalue weighted by Crippen LogP contribution is -2.49. The van der Waals surface area contributed by atoms with Crippen LogP contribution in [-0.2, 0) is 11.4 Å². The number of hydrazine groups is 2. The molecule has 1 fully saturated rings. The van der Waals surface area contributed by atoms with Crippen LogP contribution < -0.4 is 26.2 Å². The third kappa shape index (κ3) is 5.07. The first-order valence-electron chi connectivity index (χ1n) is 9.95. The first kappa shape index (κ1) is 22.4. The first-order chi connectivity index (χ1) is 14.9. The van der Waals surface area contributed by atoms with Crippen LogP contribution in [0.1, 0.15) is 42.4 Å². The summed E-state index contributed by atoms with van der Waals surface area (Å²) < 4.78 is 11.6. The number of anilines is 1. The number of amides is 2. The number of methoxy groups -OCH3 is 1. The molecule has 0 aliphatic heterocycles. The van der Waals surface area contributed by atoms with Crippen molar-refractivity contribution in [3.63, 3.8) is 0 Å². The van der Waals surface area contributed by atoms with Crippen LogP contribution in [0.2, 0.25) is 0 Å². The minimum Gasteiger partial charge on any atom is -0.493 e. The third-order valence-corrected chi connectivity index (χ3v) is 5.15. The zero-order valence-electron chi connectivity index (χ0n) is 18.3. The van der Waals surface area contributed by atoms with Crippen LogP contribution in [0.3, 0.4) is 0 Å². The van der Waals surface area contributed by atoms with Gasteiger partial charge in [-0.15, -0.1) is 0 Å². The molecule has 0 unspecified atom stereocenters. The summed E-state index contributed by atoms with van der Waals surface area (Å²) in [5, 5.41) is 5.94. The molecule has 2 aromatic carbocycles. The lowest BCUT2D eigenvalue weighted by molar-refractivity contribution is 0.213. The second-order valence-electron chi connectivity index (χ2n) is 7.40. The number of ether oxygens (including phenoxy) is 2. The lowest BCUT2D eigenvalue weighted by Gasteiger charge is -2.25. The highest BCUT2D eigenvalue weighted by molar-refractivity contribution is 5.98. The molecule has 1 aliphatic rings. The fraction of sp³-hybridized carbons (Fsp3) is 0.364. The number of hydrogen-bond donors (Lipinski definition) is 2. The lowest BCUT2D eigenvalue weighted by atomic mass is 10.0. The van der Waals surface area contributed by atoms with E-state index in [2.05, 4.69) is 11.2 Å². The Hall–Kier alpha value is -3.30. The zero-order valence-corrected chi connectivity index (χ0v) is 18.3. The van der Waals surface area contributed by atoms with Crippen molar-refractivity contribution in [2.24, 2.45) is 16.8 Å². The fourth-order valence-electron chi connectivity index (χ4n) is 3.38. The number of oxime groups is 1. The van der Waals surface area contributed by atoms with Crippen molar-refractivity contribution in [2.45, 2.75) is 32.3 Å². The van der Waals surface area contributed by atoms with Gasteiger partial charge < -0.3 is 14.3 Å². The SMILES string of the molecule is CON=C(C)c1ccc(OCc2c(C3CC3)cccc2N(N)C(=O)N(C)N)c(OC)c1. The molecular formula is C22H29N5O4. The molecule has 2 amide bonds. The van der Waals surface area contributed by atoms with Crippen LogP contribution in [0.5, 0.6) is 11.5 Å². The van der Waals surface area contributed by atoms with Gasteiger partial charge in [0.15, 0.2) is 11.5 Å². The highest BCUT2D eigenvalue weighted by atomic mass is 16.6. The Bertz CT molecular complexity index is 972. The maximum Gasteiger partial charge on any atom is 0.352 e. The number of hydrogen-bond acceptors (Lipinski definition) is 7. The van der Waals surface area contributed by atoms with Gasteiger partial charge >= 0.3 is 6.03 Å². The summed E-state index contributed by atoms with van der Waals surface area (Å²) >= 11 is 0. The molecule has 1 saturated carbocycles. The number of nitrogens with two attached hydrogens (primary N) is 2. The van der Waals surface area contributed by atoms with E-state index in [1.54, 1.807) is 13.2 Å². The molecular weight excluding hydrogens is 398 g/mol. The Balaban J connectivity index is 1.90. The van der Waals surface area contributed by atoms with E-state index < -0.39 is 6.03 Å². The quantitative estimate of drug-likeness (QED) is 0.289. The predicted octanol–water partition coefficient (Wildman–Crippen LogP) is 3.13. The van der Waals surface area contributed by atoms with Gasteiger partial charge in [-0.2, -0.15) is 0 Å². The number of nitrogens with zero attached hydrogens (tertiary/aromatic N) is 3. The van der Waals surface area contributed by atoms with Crippen LogP contribution in [0.15, 0.2) is 41.6 Å². The van der Waals surface area contributed by atoms with E-state index in [4.69, 9.17) is 26.0 Å². The van der Waals surface area contributed by atoms with Crippen molar-refractivity contribution in [1.29, 1.82) is 0 Å². The highest BCUT2D eigenvalue weighted by Crippen LogP contribution is 2.44. The molecule has 0 heterocycles. The van der Waals surface area contributed by atoms with Gasteiger partial charge in [-0.05, 0) is 55.5 Å². The maximum atomic E-state index is 12.3. The van der Waals surface area contributed by atoms with Crippen molar-refractivity contribution in [2.75, 3.05) is 26.3 Å². The van der Waals surface area contributed by atoms with Crippen LogP contribution in [0, 0.1) is 0 Å². The van der Waals surface area contributed by atoms with E-state index >= 15 is 0 Å². The summed E-state index contributed by atoms with van der Waals surface area (Å²) in [5.41, 5.74) is 4.11. The Morgan fingerprint density at radius 3 is 2.52 bits per heavy atom. The van der Waals surface area contributed by atoms with E-state index in [1.165, 1.54) is 14.2 Å². The van der Waals surface area contributed by atoms with Crippen LogP contribution >= 0.6 is 0 Å². The molecule has 31 heavy (non-hydrogen) atoms. The molecule has 0 aromatic heterocycles. The summed E-state index contributed by atoms with van der Waals surface area (Å²) in [6, 6.07) is 10.7. The predicted molar refractivity (Wildman–Crippen MR) is 119 cm³/mol. The van der Waals surface area contributed by atoms with E-state index in [9.17, 15) is 4.79 Å². The van der Waals surface area contributed by atoms with Gasteiger partial charge in [0.1, 0.15) is 13.7 Å². The standard InChI is InChI=1S/C22H29N5O4/c1-14(25-30-4)16-10-11-20(21(12-16)29-3)31-13-18-17(15-8-9-15)6-5-7-19(18)27(24)22(28)26(2)23/h5-7,10-12,15H,8-9,13,23-24H2,1-4H3. The van der Waals surface area contributed by atoms with E-state index in [0.717, 1.165) is 45.3 Å². The summed E-state index contributed by atoms with van der Waals surface area (Å²) in [7, 11) is 4.53. The second-order valence-corrected chi connectivity index (χ2v) is 7.40. The van der Waals surface area contributed by atoms with Gasteiger partial charge in [-0.25, -0.2) is 21.5 Å². The monoisotopic (exact) mass is 427 g/mol. The zero-order chi connectivity index (χ0) is 22.5. The van der Waals surface area contributed by atoms with Crippen LogP contribution in [0.4, 0.5) is 10.5 Å². The molecule has 4 N–H and O–H groups in total. The molecule has 2 aromatic rings. The maximum absolute atomic E-state index is 12.3. The summed E-state index contributed by atoms with van der Waals surface area (Å²) in [5.74, 6) is 13.3. The minimum atomic E-state index is -0.524. The molecule has 0 saturated heterocycles. The number of carbonyl (C=O) groups is 1. The Kier molecular flexibility index (Phi) is 6.98. The smallest absolute Gasteiger partial charge is 0.352 e. The molecule has 9 nitrogen and oxygen atoms in total. The number of rotatable bonds is 8. The molecule has 0 bridgehead atoms. The molecule has 1 aliphatic carbocycles. The Labute approximate surface area is 182 Å². The van der Waals surface area contributed by atoms with Crippen molar-refractivity contribution in [3.05, 3.63) is 53.1 Å². The van der Waals surface area contributed by atoms with Crippen molar-refractivity contribution in [3.8, 4) is 11.5 Å². The van der Waals surface area contributed by atoms with Gasteiger partial charge in [-0.3, -0.25) is 5.01 Å². The van der Waals surface area contributed by atoms with Crippen LogP contribution in [0.25, 0.3) is 0 Å². The van der Waals surface area contributed by atoms with Crippen molar-refractivity contribution >= 4 is 17.4 Å².